The molecule has 0 spiro atoms. The van der Waals surface area contributed by atoms with Gasteiger partial charge < -0.3 is 9.84 Å². The Morgan fingerprint density at radius 2 is 2.21 bits per heavy atom. The van der Waals surface area contributed by atoms with Crippen molar-refractivity contribution in [2.45, 2.75) is 6.61 Å². The lowest BCUT2D eigenvalue weighted by molar-refractivity contribution is 0.279. The van der Waals surface area contributed by atoms with E-state index in [9.17, 15) is 4.39 Å². The summed E-state index contributed by atoms with van der Waals surface area (Å²) in [5.41, 5.74) is 1.81. The van der Waals surface area contributed by atoms with Crippen LogP contribution in [0.2, 0.25) is 0 Å². The molecule has 0 heterocycles. The Balaban J connectivity index is 2.71. The summed E-state index contributed by atoms with van der Waals surface area (Å²) in [5, 5.41) is 8.80. The van der Waals surface area contributed by atoms with Gasteiger partial charge in [-0.3, -0.25) is 0 Å². The van der Waals surface area contributed by atoms with Crippen molar-refractivity contribution in [2.75, 3.05) is 6.61 Å². The first-order valence-electron chi connectivity index (χ1n) is 4.04. The van der Waals surface area contributed by atoms with Crippen LogP contribution in [0, 0.1) is 5.82 Å². The highest BCUT2D eigenvalue weighted by Crippen LogP contribution is 2.16. The standard InChI is InChI=1S/C10H10ClFO2/c11-2-1-3-14-10-5-8(7-13)4-9(12)6-10/h1-2,4-6,13H,3,7H2/b2-1+. The molecule has 0 atom stereocenters. The van der Waals surface area contributed by atoms with Crippen LogP contribution in [0.4, 0.5) is 4.39 Å². The molecule has 0 saturated carbocycles. The number of hydrogen-bond donors (Lipinski definition) is 1. The second-order valence-electron chi connectivity index (χ2n) is 2.63. The molecule has 1 rings (SSSR count). The van der Waals surface area contributed by atoms with E-state index < -0.39 is 5.82 Å². The predicted octanol–water partition coefficient (Wildman–Crippen LogP) is 2.45. The molecule has 2 nitrogen and oxygen atoms in total. The van der Waals surface area contributed by atoms with E-state index in [1.54, 1.807) is 12.1 Å². The molecule has 0 fully saturated rings. The minimum absolute atomic E-state index is 0.209. The molecule has 0 aliphatic heterocycles. The Morgan fingerprint density at radius 1 is 1.43 bits per heavy atom. The fraction of sp³-hybridized carbons (Fsp3) is 0.200. The Bertz CT molecular complexity index is 326. The van der Waals surface area contributed by atoms with Gasteiger partial charge in [0, 0.05) is 11.6 Å². The highest BCUT2D eigenvalue weighted by Gasteiger charge is 2.00. The summed E-state index contributed by atoms with van der Waals surface area (Å²) in [6.45, 7) is 0.0668. The van der Waals surface area contributed by atoms with Crippen LogP contribution in [-0.2, 0) is 6.61 Å². The molecule has 1 N–H and O–H groups in total. The SMILES string of the molecule is OCc1cc(F)cc(OC/C=C/Cl)c1. The van der Waals surface area contributed by atoms with Crippen LogP contribution in [0.15, 0.2) is 29.8 Å². The van der Waals surface area contributed by atoms with E-state index in [0.29, 0.717) is 11.3 Å². The van der Waals surface area contributed by atoms with Gasteiger partial charge in [-0.25, -0.2) is 4.39 Å². The van der Waals surface area contributed by atoms with E-state index in [0.717, 1.165) is 0 Å². The molecule has 0 aliphatic rings. The monoisotopic (exact) mass is 216 g/mol. The second kappa shape index (κ2) is 5.62. The van der Waals surface area contributed by atoms with Crippen molar-refractivity contribution in [2.24, 2.45) is 0 Å². The van der Waals surface area contributed by atoms with Gasteiger partial charge in [0.15, 0.2) is 0 Å². The van der Waals surface area contributed by atoms with Crippen LogP contribution in [0.5, 0.6) is 5.75 Å². The first-order valence-corrected chi connectivity index (χ1v) is 4.48. The van der Waals surface area contributed by atoms with E-state index in [-0.39, 0.29) is 13.2 Å². The minimum atomic E-state index is -0.429. The quantitative estimate of drug-likeness (QED) is 0.838. The van der Waals surface area contributed by atoms with Gasteiger partial charge in [-0.1, -0.05) is 11.6 Å². The van der Waals surface area contributed by atoms with Gasteiger partial charge in [0.1, 0.15) is 18.2 Å². The minimum Gasteiger partial charge on any atom is -0.489 e. The van der Waals surface area contributed by atoms with Crippen molar-refractivity contribution in [1.82, 2.24) is 0 Å². The zero-order valence-electron chi connectivity index (χ0n) is 7.41. The highest BCUT2D eigenvalue weighted by molar-refractivity contribution is 6.25. The Hall–Kier alpha value is -1.06. The molecule has 1 aromatic carbocycles. The third-order valence-electron chi connectivity index (χ3n) is 1.55. The number of ether oxygens (including phenoxy) is 1. The van der Waals surface area contributed by atoms with E-state index in [1.807, 2.05) is 0 Å². The summed E-state index contributed by atoms with van der Waals surface area (Å²) in [6, 6.07) is 4.08. The Kier molecular flexibility index (Phi) is 4.43. The molecule has 0 unspecified atom stereocenters. The summed E-state index contributed by atoms with van der Waals surface area (Å²) in [6.07, 6.45) is 1.59. The van der Waals surface area contributed by atoms with E-state index >= 15 is 0 Å². The molecule has 0 radical (unpaired) electrons. The van der Waals surface area contributed by atoms with Crippen LogP contribution in [0.3, 0.4) is 0 Å². The summed E-state index contributed by atoms with van der Waals surface area (Å²) in [7, 11) is 0. The van der Waals surface area contributed by atoms with E-state index in [1.165, 1.54) is 17.7 Å². The van der Waals surface area contributed by atoms with Crippen molar-refractivity contribution in [3.05, 3.63) is 41.2 Å². The van der Waals surface area contributed by atoms with E-state index in [2.05, 4.69) is 0 Å². The molecule has 0 amide bonds. The normalized spacial score (nSPS) is 10.8. The molecule has 14 heavy (non-hydrogen) atoms. The van der Waals surface area contributed by atoms with Gasteiger partial charge in [0.25, 0.3) is 0 Å². The van der Waals surface area contributed by atoms with Gasteiger partial charge in [-0.2, -0.15) is 0 Å². The van der Waals surface area contributed by atoms with Crippen molar-refractivity contribution < 1.29 is 14.2 Å². The summed E-state index contributed by atoms with van der Waals surface area (Å²) < 4.78 is 18.0. The lowest BCUT2D eigenvalue weighted by Crippen LogP contribution is -1.95. The average Bonchev–Trinajstić information content (AvgIpc) is 2.17. The summed E-state index contributed by atoms with van der Waals surface area (Å²) >= 11 is 5.28. The van der Waals surface area contributed by atoms with Crippen LogP contribution in [-0.4, -0.2) is 11.7 Å². The van der Waals surface area contributed by atoms with E-state index in [4.69, 9.17) is 21.4 Å². The molecular weight excluding hydrogens is 207 g/mol. The molecular formula is C10H10ClFO2. The maximum Gasteiger partial charge on any atom is 0.127 e. The van der Waals surface area contributed by atoms with Crippen molar-refractivity contribution >= 4 is 11.6 Å². The van der Waals surface area contributed by atoms with Crippen LogP contribution >= 0.6 is 11.6 Å². The number of aliphatic hydroxyl groups is 1. The third-order valence-corrected chi connectivity index (χ3v) is 1.73. The number of aliphatic hydroxyl groups excluding tert-OH is 1. The van der Waals surface area contributed by atoms with Gasteiger partial charge in [-0.15, -0.1) is 0 Å². The Labute approximate surface area is 86.6 Å². The number of benzene rings is 1. The van der Waals surface area contributed by atoms with Gasteiger partial charge in [0.2, 0.25) is 0 Å². The fourth-order valence-corrected chi connectivity index (χ4v) is 1.05. The van der Waals surface area contributed by atoms with Gasteiger partial charge in [-0.05, 0) is 23.8 Å². The van der Waals surface area contributed by atoms with Crippen molar-refractivity contribution in [1.29, 1.82) is 0 Å². The van der Waals surface area contributed by atoms with Gasteiger partial charge in [0.05, 0.1) is 6.61 Å². The smallest absolute Gasteiger partial charge is 0.127 e. The van der Waals surface area contributed by atoms with Gasteiger partial charge >= 0.3 is 0 Å². The molecule has 0 aliphatic carbocycles. The van der Waals surface area contributed by atoms with Crippen LogP contribution < -0.4 is 4.74 Å². The molecule has 0 aromatic heterocycles. The maximum atomic E-state index is 12.9. The first-order chi connectivity index (χ1) is 6.76. The molecule has 4 heteroatoms. The van der Waals surface area contributed by atoms with Crippen molar-refractivity contribution in [3.63, 3.8) is 0 Å². The molecule has 1 aromatic rings. The second-order valence-corrected chi connectivity index (χ2v) is 2.88. The molecule has 0 bridgehead atoms. The zero-order chi connectivity index (χ0) is 10.4. The fourth-order valence-electron chi connectivity index (χ4n) is 0.976. The first kappa shape index (κ1) is 11.0. The average molecular weight is 217 g/mol. The predicted molar refractivity (Wildman–Crippen MR) is 52.8 cm³/mol. The third kappa shape index (κ3) is 3.36. The number of hydrogen-bond acceptors (Lipinski definition) is 2. The Morgan fingerprint density at radius 3 is 2.86 bits per heavy atom. The van der Waals surface area contributed by atoms with Crippen LogP contribution in [0.1, 0.15) is 5.56 Å². The lowest BCUT2D eigenvalue weighted by Gasteiger charge is -2.04. The number of halogens is 2. The largest absolute Gasteiger partial charge is 0.489 e. The summed E-state index contributed by atoms with van der Waals surface area (Å²) in [5.74, 6) is -0.0507. The highest BCUT2D eigenvalue weighted by atomic mass is 35.5. The van der Waals surface area contributed by atoms with Crippen molar-refractivity contribution in [3.8, 4) is 5.75 Å². The lowest BCUT2D eigenvalue weighted by atomic mass is 10.2. The number of rotatable bonds is 4. The molecule has 76 valence electrons. The zero-order valence-corrected chi connectivity index (χ0v) is 8.17. The summed E-state index contributed by atoms with van der Waals surface area (Å²) in [4.78, 5) is 0. The van der Waals surface area contributed by atoms with Crippen LogP contribution in [0.25, 0.3) is 0 Å². The topological polar surface area (TPSA) is 29.5 Å². The maximum absolute atomic E-state index is 12.9. The molecule has 0 saturated heterocycles.